The topological polar surface area (TPSA) is 79.9 Å². The Balaban J connectivity index is 1.91. The van der Waals surface area contributed by atoms with Crippen LogP contribution >= 0.6 is 0 Å². The largest absolute Gasteiger partial charge is 0.493 e. The molecule has 7 heteroatoms. The minimum absolute atomic E-state index is 0.145. The molecule has 0 radical (unpaired) electrons. The number of carbonyl (C=O) groups is 2. The van der Waals surface area contributed by atoms with Gasteiger partial charge in [0.25, 0.3) is 5.91 Å². The summed E-state index contributed by atoms with van der Waals surface area (Å²) in [6, 6.07) is 10.9. The molecule has 0 fully saturated rings. The molecule has 0 saturated heterocycles. The number of urea groups is 1. The first kappa shape index (κ1) is 21.5. The zero-order valence-corrected chi connectivity index (χ0v) is 18.0. The minimum atomic E-state index is -0.312. The Hall–Kier alpha value is -3.22. The van der Waals surface area contributed by atoms with Crippen LogP contribution in [0.4, 0.5) is 4.79 Å². The second-order valence-electron chi connectivity index (χ2n) is 7.23. The Kier molecular flexibility index (Phi) is 6.82. The highest BCUT2D eigenvalue weighted by Crippen LogP contribution is 2.38. The molecular formula is C23H29N3O4. The van der Waals surface area contributed by atoms with Gasteiger partial charge >= 0.3 is 6.03 Å². The number of ether oxygens (including phenoxy) is 2. The molecule has 0 aromatic heterocycles. The number of benzene rings is 2. The van der Waals surface area contributed by atoms with Gasteiger partial charge in [-0.25, -0.2) is 4.79 Å². The summed E-state index contributed by atoms with van der Waals surface area (Å²) >= 11 is 0. The molecule has 0 unspecified atom stereocenters. The highest BCUT2D eigenvalue weighted by molar-refractivity contribution is 5.95. The maximum atomic E-state index is 12.8. The van der Waals surface area contributed by atoms with Crippen molar-refractivity contribution in [3.05, 3.63) is 58.7 Å². The molecule has 0 saturated carbocycles. The summed E-state index contributed by atoms with van der Waals surface area (Å²) in [6.07, 6.45) is 0.703. The molecule has 160 valence electrons. The SMILES string of the molecule is CCNC(=O)N1CCc2cc(OC)c(OC)cc2[C@H]1CNC(=O)c1ccccc1C. The lowest BCUT2D eigenvalue weighted by atomic mass is 9.91. The van der Waals surface area contributed by atoms with Gasteiger partial charge in [-0.15, -0.1) is 0 Å². The molecule has 3 amide bonds. The normalized spacial score (nSPS) is 15.2. The number of fused-ring (bicyclic) bond motifs is 1. The van der Waals surface area contributed by atoms with Crippen molar-refractivity contribution < 1.29 is 19.1 Å². The van der Waals surface area contributed by atoms with Gasteiger partial charge in [-0.3, -0.25) is 4.79 Å². The van der Waals surface area contributed by atoms with Crippen LogP contribution in [0.2, 0.25) is 0 Å². The summed E-state index contributed by atoms with van der Waals surface area (Å²) in [5, 5.41) is 5.88. The number of carbonyl (C=O) groups excluding carboxylic acids is 2. The van der Waals surface area contributed by atoms with E-state index >= 15 is 0 Å². The predicted octanol–water partition coefficient (Wildman–Crippen LogP) is 3.07. The second kappa shape index (κ2) is 9.52. The number of rotatable bonds is 6. The van der Waals surface area contributed by atoms with Crippen LogP contribution in [0, 0.1) is 6.92 Å². The first-order valence-electron chi connectivity index (χ1n) is 10.1. The maximum Gasteiger partial charge on any atom is 0.317 e. The van der Waals surface area contributed by atoms with Crippen molar-refractivity contribution in [1.82, 2.24) is 15.5 Å². The fourth-order valence-electron chi connectivity index (χ4n) is 3.86. The van der Waals surface area contributed by atoms with E-state index in [0.717, 1.165) is 16.7 Å². The van der Waals surface area contributed by atoms with Gasteiger partial charge in [0, 0.05) is 25.2 Å². The lowest BCUT2D eigenvalue weighted by Crippen LogP contribution is -2.49. The molecule has 1 atom stereocenters. The van der Waals surface area contributed by atoms with Gasteiger partial charge in [-0.1, -0.05) is 18.2 Å². The summed E-state index contributed by atoms with van der Waals surface area (Å²) in [4.78, 5) is 27.3. The van der Waals surface area contributed by atoms with Crippen LogP contribution in [0.5, 0.6) is 11.5 Å². The summed E-state index contributed by atoms with van der Waals surface area (Å²) in [5.74, 6) is 1.10. The van der Waals surface area contributed by atoms with E-state index < -0.39 is 0 Å². The third kappa shape index (κ3) is 4.35. The molecule has 1 heterocycles. The Labute approximate surface area is 177 Å². The molecular weight excluding hydrogens is 382 g/mol. The summed E-state index contributed by atoms with van der Waals surface area (Å²) < 4.78 is 10.9. The van der Waals surface area contributed by atoms with Crippen LogP contribution in [0.15, 0.2) is 36.4 Å². The van der Waals surface area contributed by atoms with Crippen molar-refractivity contribution in [2.75, 3.05) is 33.9 Å². The number of nitrogens with zero attached hydrogens (tertiary/aromatic N) is 1. The molecule has 2 aromatic carbocycles. The van der Waals surface area contributed by atoms with Crippen LogP contribution in [-0.4, -0.2) is 50.7 Å². The van der Waals surface area contributed by atoms with E-state index in [1.54, 1.807) is 25.2 Å². The second-order valence-corrected chi connectivity index (χ2v) is 7.23. The quantitative estimate of drug-likeness (QED) is 0.766. The fourth-order valence-corrected chi connectivity index (χ4v) is 3.86. The summed E-state index contributed by atoms with van der Waals surface area (Å²) in [5.41, 5.74) is 3.58. The lowest BCUT2D eigenvalue weighted by Gasteiger charge is -2.37. The smallest absolute Gasteiger partial charge is 0.317 e. The molecule has 0 spiro atoms. The average molecular weight is 412 g/mol. The van der Waals surface area contributed by atoms with Crippen LogP contribution in [0.25, 0.3) is 0 Å². The number of hydrogen-bond acceptors (Lipinski definition) is 4. The molecule has 2 N–H and O–H groups in total. The van der Waals surface area contributed by atoms with E-state index in [2.05, 4.69) is 10.6 Å². The zero-order chi connectivity index (χ0) is 21.7. The average Bonchev–Trinajstić information content (AvgIpc) is 2.76. The van der Waals surface area contributed by atoms with Crippen LogP contribution in [0.3, 0.4) is 0 Å². The minimum Gasteiger partial charge on any atom is -0.493 e. The van der Waals surface area contributed by atoms with Crippen LogP contribution in [-0.2, 0) is 6.42 Å². The highest BCUT2D eigenvalue weighted by atomic mass is 16.5. The lowest BCUT2D eigenvalue weighted by molar-refractivity contribution is 0.0933. The molecule has 0 aliphatic carbocycles. The third-order valence-corrected chi connectivity index (χ3v) is 5.44. The van der Waals surface area contributed by atoms with Gasteiger partial charge in [0.15, 0.2) is 11.5 Å². The Morgan fingerprint density at radius 2 is 1.80 bits per heavy atom. The molecule has 3 rings (SSSR count). The monoisotopic (exact) mass is 411 g/mol. The predicted molar refractivity (Wildman–Crippen MR) is 115 cm³/mol. The van der Waals surface area contributed by atoms with Gasteiger partial charge in [-0.05, 0) is 55.2 Å². The van der Waals surface area contributed by atoms with Crippen molar-refractivity contribution in [3.8, 4) is 11.5 Å². The maximum absolute atomic E-state index is 12.8. The summed E-state index contributed by atoms with van der Waals surface area (Å²) in [7, 11) is 3.19. The van der Waals surface area contributed by atoms with E-state index in [0.29, 0.717) is 43.1 Å². The van der Waals surface area contributed by atoms with Crippen LogP contribution in [0.1, 0.15) is 40.0 Å². The first-order chi connectivity index (χ1) is 14.5. The van der Waals surface area contributed by atoms with E-state index in [4.69, 9.17) is 9.47 Å². The molecule has 1 aliphatic heterocycles. The van der Waals surface area contributed by atoms with E-state index in [1.807, 2.05) is 44.2 Å². The third-order valence-electron chi connectivity index (χ3n) is 5.44. The molecule has 30 heavy (non-hydrogen) atoms. The van der Waals surface area contributed by atoms with Gasteiger partial charge in [-0.2, -0.15) is 0 Å². The molecule has 1 aliphatic rings. The van der Waals surface area contributed by atoms with Crippen molar-refractivity contribution in [2.24, 2.45) is 0 Å². The van der Waals surface area contributed by atoms with Gasteiger partial charge < -0.3 is 25.0 Å². The number of amides is 3. The Morgan fingerprint density at radius 1 is 1.10 bits per heavy atom. The van der Waals surface area contributed by atoms with Crippen molar-refractivity contribution >= 4 is 11.9 Å². The van der Waals surface area contributed by atoms with Gasteiger partial charge in [0.1, 0.15) is 0 Å². The van der Waals surface area contributed by atoms with Crippen molar-refractivity contribution in [3.63, 3.8) is 0 Å². The number of nitrogens with one attached hydrogen (secondary N) is 2. The summed E-state index contributed by atoms with van der Waals surface area (Å²) in [6.45, 7) is 5.18. The van der Waals surface area contributed by atoms with Crippen molar-refractivity contribution in [2.45, 2.75) is 26.3 Å². The van der Waals surface area contributed by atoms with Crippen LogP contribution < -0.4 is 20.1 Å². The van der Waals surface area contributed by atoms with Gasteiger partial charge in [0.2, 0.25) is 0 Å². The van der Waals surface area contributed by atoms with E-state index in [1.165, 1.54) is 0 Å². The number of aryl methyl sites for hydroxylation is 1. The van der Waals surface area contributed by atoms with E-state index in [-0.39, 0.29) is 18.0 Å². The number of methoxy groups -OCH3 is 2. The number of hydrogen-bond donors (Lipinski definition) is 2. The van der Waals surface area contributed by atoms with Crippen molar-refractivity contribution in [1.29, 1.82) is 0 Å². The first-order valence-corrected chi connectivity index (χ1v) is 10.1. The highest BCUT2D eigenvalue weighted by Gasteiger charge is 2.32. The molecule has 0 bridgehead atoms. The molecule has 7 nitrogen and oxygen atoms in total. The molecule has 2 aromatic rings. The Bertz CT molecular complexity index is 929. The Morgan fingerprint density at radius 3 is 2.47 bits per heavy atom. The van der Waals surface area contributed by atoms with Gasteiger partial charge in [0.05, 0.1) is 20.3 Å². The fraction of sp³-hybridized carbons (Fsp3) is 0.391. The van der Waals surface area contributed by atoms with E-state index in [9.17, 15) is 9.59 Å². The zero-order valence-electron chi connectivity index (χ0n) is 18.0. The standard InChI is InChI=1S/C23H29N3O4/c1-5-24-23(28)26-11-10-16-12-20(29-3)21(30-4)13-18(16)19(26)14-25-22(27)17-9-7-6-8-15(17)2/h6-9,12-13,19H,5,10-11,14H2,1-4H3,(H,24,28)(H,25,27)/t19-/m1/s1.